The second kappa shape index (κ2) is 5.29. The van der Waals surface area contributed by atoms with Crippen molar-refractivity contribution in [2.24, 2.45) is 11.7 Å². The van der Waals surface area contributed by atoms with Crippen LogP contribution in [-0.2, 0) is 0 Å². The fourth-order valence-electron chi connectivity index (χ4n) is 2.19. The number of nitrogens with one attached hydrogen (secondary N) is 1. The molecule has 0 bridgehead atoms. The molecule has 0 aliphatic heterocycles. The normalized spacial score (nSPS) is 24.6. The first-order valence-corrected chi connectivity index (χ1v) is 7.13. The van der Waals surface area contributed by atoms with Crippen molar-refractivity contribution in [3.05, 3.63) is 20.8 Å². The Bertz CT molecular complexity index is 380. The minimum absolute atomic E-state index is 0.0206. The van der Waals surface area contributed by atoms with Crippen LogP contribution in [0.25, 0.3) is 0 Å². The molecule has 3 nitrogen and oxygen atoms in total. The summed E-state index contributed by atoms with van der Waals surface area (Å²) in [6.07, 6.45) is 3.35. The van der Waals surface area contributed by atoms with Crippen LogP contribution in [0, 0.1) is 5.92 Å². The Labute approximate surface area is 108 Å². The lowest BCUT2D eigenvalue weighted by Crippen LogP contribution is -2.39. The van der Waals surface area contributed by atoms with Crippen molar-refractivity contribution in [2.75, 3.05) is 6.54 Å². The predicted molar refractivity (Wildman–Crippen MR) is 69.7 cm³/mol. The summed E-state index contributed by atoms with van der Waals surface area (Å²) < 4.78 is 0.986. The maximum absolute atomic E-state index is 11.9. The van der Waals surface area contributed by atoms with Crippen LogP contribution in [0.5, 0.6) is 0 Å². The lowest BCUT2D eigenvalue weighted by Gasteiger charge is -2.18. The van der Waals surface area contributed by atoms with Gasteiger partial charge >= 0.3 is 0 Å². The summed E-state index contributed by atoms with van der Waals surface area (Å²) in [7, 11) is 0. The zero-order chi connectivity index (χ0) is 11.5. The minimum atomic E-state index is 0.0206. The van der Waals surface area contributed by atoms with Crippen molar-refractivity contribution >= 4 is 33.2 Å². The summed E-state index contributed by atoms with van der Waals surface area (Å²) in [6, 6.07) is 2.11. The first-order chi connectivity index (χ1) is 7.70. The highest BCUT2D eigenvalue weighted by Gasteiger charge is 2.27. The Hall–Kier alpha value is -0.390. The van der Waals surface area contributed by atoms with E-state index in [4.69, 9.17) is 5.73 Å². The van der Waals surface area contributed by atoms with Crippen LogP contribution in [-0.4, -0.2) is 18.5 Å². The highest BCUT2D eigenvalue weighted by atomic mass is 79.9. The number of carbonyl (C=O) groups is 1. The van der Waals surface area contributed by atoms with Gasteiger partial charge in [0.05, 0.1) is 9.35 Å². The maximum Gasteiger partial charge on any atom is 0.252 e. The smallest absolute Gasteiger partial charge is 0.252 e. The van der Waals surface area contributed by atoms with Crippen LogP contribution in [0.1, 0.15) is 29.6 Å². The third kappa shape index (κ3) is 2.64. The molecule has 1 saturated carbocycles. The second-order valence-electron chi connectivity index (χ2n) is 4.15. The molecule has 2 atom stereocenters. The van der Waals surface area contributed by atoms with Gasteiger partial charge < -0.3 is 11.1 Å². The predicted octanol–water partition coefficient (Wildman–Crippen LogP) is 2.37. The van der Waals surface area contributed by atoms with Gasteiger partial charge in [0.25, 0.3) is 5.91 Å². The molecule has 3 N–H and O–H groups in total. The SMILES string of the molecule is NCC1CCCC1NC(=O)c1csc(Br)c1. The maximum atomic E-state index is 11.9. The Kier molecular flexibility index (Phi) is 4.00. The summed E-state index contributed by atoms with van der Waals surface area (Å²) in [5, 5.41) is 4.94. The molecular formula is C11H15BrN2OS. The number of hydrogen-bond acceptors (Lipinski definition) is 3. The molecule has 1 aliphatic carbocycles. The fraction of sp³-hybridized carbons (Fsp3) is 0.545. The number of rotatable bonds is 3. The summed E-state index contributed by atoms with van der Waals surface area (Å²) in [6.45, 7) is 0.665. The van der Waals surface area contributed by atoms with Crippen LogP contribution in [0.4, 0.5) is 0 Å². The quantitative estimate of drug-likeness (QED) is 0.900. The molecule has 0 spiro atoms. The number of thiophene rings is 1. The molecule has 16 heavy (non-hydrogen) atoms. The fourth-order valence-corrected chi connectivity index (χ4v) is 3.33. The van der Waals surface area contributed by atoms with E-state index < -0.39 is 0 Å². The molecule has 5 heteroatoms. The highest BCUT2D eigenvalue weighted by molar-refractivity contribution is 9.11. The lowest BCUT2D eigenvalue weighted by molar-refractivity contribution is 0.0929. The van der Waals surface area contributed by atoms with E-state index in [9.17, 15) is 4.79 Å². The van der Waals surface area contributed by atoms with E-state index in [-0.39, 0.29) is 11.9 Å². The van der Waals surface area contributed by atoms with E-state index in [2.05, 4.69) is 21.2 Å². The Morgan fingerprint density at radius 3 is 3.06 bits per heavy atom. The Balaban J connectivity index is 1.97. The van der Waals surface area contributed by atoms with Gasteiger partial charge in [0, 0.05) is 11.4 Å². The third-order valence-corrected chi connectivity index (χ3v) is 4.61. The first-order valence-electron chi connectivity index (χ1n) is 5.45. The van der Waals surface area contributed by atoms with E-state index in [1.54, 1.807) is 0 Å². The van der Waals surface area contributed by atoms with E-state index in [0.717, 1.165) is 22.2 Å². The van der Waals surface area contributed by atoms with Crippen molar-refractivity contribution in [3.8, 4) is 0 Å². The summed E-state index contributed by atoms with van der Waals surface area (Å²) >= 11 is 4.89. The van der Waals surface area contributed by atoms with E-state index >= 15 is 0 Å². The molecule has 1 aliphatic rings. The molecule has 1 heterocycles. The van der Waals surface area contributed by atoms with E-state index in [1.165, 1.54) is 17.8 Å². The van der Waals surface area contributed by atoms with E-state index in [1.807, 2.05) is 11.4 Å². The van der Waals surface area contributed by atoms with Crippen molar-refractivity contribution in [3.63, 3.8) is 0 Å². The Morgan fingerprint density at radius 2 is 2.44 bits per heavy atom. The standard InChI is InChI=1S/C11H15BrN2OS/c12-10-4-8(6-16-10)11(15)14-9-3-1-2-7(9)5-13/h4,6-7,9H,1-3,5,13H2,(H,14,15). The van der Waals surface area contributed by atoms with Gasteiger partial charge in [-0.25, -0.2) is 0 Å². The molecule has 0 saturated heterocycles. The molecule has 2 rings (SSSR count). The molecule has 0 radical (unpaired) electrons. The summed E-state index contributed by atoms with van der Waals surface area (Å²) in [4.78, 5) is 11.9. The van der Waals surface area contributed by atoms with Gasteiger partial charge in [-0.2, -0.15) is 0 Å². The molecule has 88 valence electrons. The highest BCUT2D eigenvalue weighted by Crippen LogP contribution is 2.26. The van der Waals surface area contributed by atoms with Crippen molar-refractivity contribution in [1.29, 1.82) is 0 Å². The molecule has 1 aromatic rings. The third-order valence-electron chi connectivity index (χ3n) is 3.11. The summed E-state index contributed by atoms with van der Waals surface area (Å²) in [5.41, 5.74) is 6.42. The van der Waals surface area contributed by atoms with Crippen LogP contribution >= 0.6 is 27.3 Å². The number of hydrogen-bond donors (Lipinski definition) is 2. The minimum Gasteiger partial charge on any atom is -0.349 e. The zero-order valence-electron chi connectivity index (χ0n) is 8.91. The average Bonchev–Trinajstić information content (AvgIpc) is 2.86. The molecule has 1 amide bonds. The number of carbonyl (C=O) groups excluding carboxylic acids is 1. The number of amides is 1. The lowest BCUT2D eigenvalue weighted by atomic mass is 10.0. The average molecular weight is 303 g/mol. The summed E-state index contributed by atoms with van der Waals surface area (Å²) in [5.74, 6) is 0.471. The Morgan fingerprint density at radius 1 is 1.62 bits per heavy atom. The van der Waals surface area contributed by atoms with Gasteiger partial charge in [0.1, 0.15) is 0 Å². The van der Waals surface area contributed by atoms with Crippen molar-refractivity contribution in [2.45, 2.75) is 25.3 Å². The van der Waals surface area contributed by atoms with Gasteiger partial charge in [-0.1, -0.05) is 6.42 Å². The molecule has 1 aromatic heterocycles. The van der Waals surface area contributed by atoms with Crippen LogP contribution in [0.3, 0.4) is 0 Å². The first kappa shape index (κ1) is 12.1. The van der Waals surface area contributed by atoms with Gasteiger partial charge in [-0.3, -0.25) is 4.79 Å². The number of nitrogens with two attached hydrogens (primary N) is 1. The molecular weight excluding hydrogens is 288 g/mol. The van der Waals surface area contributed by atoms with Crippen LogP contribution < -0.4 is 11.1 Å². The van der Waals surface area contributed by atoms with E-state index in [0.29, 0.717) is 12.5 Å². The molecule has 2 unspecified atom stereocenters. The molecule has 0 aromatic carbocycles. The van der Waals surface area contributed by atoms with Crippen molar-refractivity contribution in [1.82, 2.24) is 5.32 Å². The second-order valence-corrected chi connectivity index (χ2v) is 6.44. The van der Waals surface area contributed by atoms with Crippen molar-refractivity contribution < 1.29 is 4.79 Å². The largest absolute Gasteiger partial charge is 0.349 e. The number of halogens is 1. The van der Waals surface area contributed by atoms with Gasteiger partial charge in [0.15, 0.2) is 0 Å². The van der Waals surface area contributed by atoms with Crippen LogP contribution in [0.15, 0.2) is 15.2 Å². The zero-order valence-corrected chi connectivity index (χ0v) is 11.3. The monoisotopic (exact) mass is 302 g/mol. The van der Waals surface area contributed by atoms with Gasteiger partial charge in [-0.05, 0) is 47.3 Å². The van der Waals surface area contributed by atoms with Crippen LogP contribution in [0.2, 0.25) is 0 Å². The topological polar surface area (TPSA) is 55.1 Å². The van der Waals surface area contributed by atoms with Gasteiger partial charge in [-0.15, -0.1) is 11.3 Å². The molecule has 1 fully saturated rings. The van der Waals surface area contributed by atoms with Gasteiger partial charge in [0.2, 0.25) is 0 Å².